The van der Waals surface area contributed by atoms with E-state index < -0.39 is 11.6 Å². The van der Waals surface area contributed by atoms with Crippen molar-refractivity contribution in [2.45, 2.75) is 32.4 Å². The van der Waals surface area contributed by atoms with E-state index in [9.17, 15) is 8.78 Å². The second-order valence-electron chi connectivity index (χ2n) is 5.32. The van der Waals surface area contributed by atoms with E-state index in [1.807, 2.05) is 38.1 Å². The molecule has 2 aromatic carbocycles. The summed E-state index contributed by atoms with van der Waals surface area (Å²) in [4.78, 5) is 0. The summed E-state index contributed by atoms with van der Waals surface area (Å²) in [5, 5.41) is 4.06. The molecule has 0 aromatic heterocycles. The molecule has 4 heteroatoms. The van der Waals surface area contributed by atoms with Gasteiger partial charge in [0.15, 0.2) is 0 Å². The van der Waals surface area contributed by atoms with Crippen LogP contribution in [0.1, 0.15) is 31.0 Å². The van der Waals surface area contributed by atoms with Gasteiger partial charge in [-0.05, 0) is 55.7 Å². The molecule has 0 aliphatic carbocycles. The van der Waals surface area contributed by atoms with Crippen molar-refractivity contribution in [3.05, 3.63) is 70.2 Å². The summed E-state index contributed by atoms with van der Waals surface area (Å²) in [6.07, 6.45) is 0.819. The molecule has 0 aliphatic heterocycles. The first-order chi connectivity index (χ1) is 9.94. The quantitative estimate of drug-likeness (QED) is 0.828. The fourth-order valence-corrected chi connectivity index (χ4v) is 2.51. The monoisotopic (exact) mass is 309 g/mol. The highest BCUT2D eigenvalue weighted by Crippen LogP contribution is 2.17. The first kappa shape index (κ1) is 15.9. The van der Waals surface area contributed by atoms with E-state index in [0.717, 1.165) is 18.1 Å². The van der Waals surface area contributed by atoms with Gasteiger partial charge in [-0.25, -0.2) is 8.78 Å². The van der Waals surface area contributed by atoms with E-state index in [0.29, 0.717) is 10.6 Å². The van der Waals surface area contributed by atoms with Crippen LogP contribution in [0.3, 0.4) is 0 Å². The Kier molecular flexibility index (Phi) is 5.32. The van der Waals surface area contributed by atoms with E-state index in [1.165, 1.54) is 12.1 Å². The number of rotatable bonds is 5. The fraction of sp³-hybridized carbons (Fsp3) is 0.294. The third-order valence-corrected chi connectivity index (χ3v) is 3.63. The van der Waals surface area contributed by atoms with E-state index in [2.05, 4.69) is 5.32 Å². The molecular formula is C17H18ClF2N. The lowest BCUT2D eigenvalue weighted by molar-refractivity contribution is 0.471. The van der Waals surface area contributed by atoms with Gasteiger partial charge in [0, 0.05) is 23.2 Å². The summed E-state index contributed by atoms with van der Waals surface area (Å²) in [6, 6.07) is 11.3. The SMILES string of the molecule is CC(Cc1ccc(Cl)cc1)NC(C)c1cc(F)cc(F)c1. The summed E-state index contributed by atoms with van der Waals surface area (Å²) in [6.45, 7) is 3.94. The van der Waals surface area contributed by atoms with Gasteiger partial charge < -0.3 is 5.32 Å². The Morgan fingerprint density at radius 2 is 1.57 bits per heavy atom. The maximum absolute atomic E-state index is 13.2. The average Bonchev–Trinajstić information content (AvgIpc) is 2.40. The van der Waals surface area contributed by atoms with Gasteiger partial charge in [0.25, 0.3) is 0 Å². The minimum absolute atomic E-state index is 0.127. The van der Waals surface area contributed by atoms with Crippen LogP contribution in [0.4, 0.5) is 8.78 Å². The van der Waals surface area contributed by atoms with Crippen LogP contribution in [0, 0.1) is 11.6 Å². The predicted octanol–water partition coefficient (Wildman–Crippen LogP) is 4.90. The van der Waals surface area contributed by atoms with Gasteiger partial charge >= 0.3 is 0 Å². The maximum Gasteiger partial charge on any atom is 0.126 e. The molecule has 2 atom stereocenters. The minimum atomic E-state index is -0.552. The van der Waals surface area contributed by atoms with E-state index >= 15 is 0 Å². The molecule has 2 unspecified atom stereocenters. The van der Waals surface area contributed by atoms with Crippen LogP contribution in [0.25, 0.3) is 0 Å². The van der Waals surface area contributed by atoms with Crippen LogP contribution in [0.2, 0.25) is 5.02 Å². The molecule has 1 nitrogen and oxygen atoms in total. The maximum atomic E-state index is 13.2. The van der Waals surface area contributed by atoms with Crippen molar-refractivity contribution in [2.75, 3.05) is 0 Å². The summed E-state index contributed by atoms with van der Waals surface area (Å²) < 4.78 is 26.5. The normalized spacial score (nSPS) is 14.0. The Labute approximate surface area is 128 Å². The number of halogens is 3. The Hall–Kier alpha value is -1.45. The zero-order chi connectivity index (χ0) is 15.4. The lowest BCUT2D eigenvalue weighted by atomic mass is 10.0. The molecule has 0 aliphatic rings. The van der Waals surface area contributed by atoms with Crippen molar-refractivity contribution >= 4 is 11.6 Å². The van der Waals surface area contributed by atoms with Crippen molar-refractivity contribution in [3.63, 3.8) is 0 Å². The van der Waals surface area contributed by atoms with E-state index in [1.54, 1.807) is 0 Å². The fourth-order valence-electron chi connectivity index (χ4n) is 2.38. The van der Waals surface area contributed by atoms with Crippen molar-refractivity contribution in [2.24, 2.45) is 0 Å². The third-order valence-electron chi connectivity index (χ3n) is 3.37. The van der Waals surface area contributed by atoms with Crippen molar-refractivity contribution in [3.8, 4) is 0 Å². The molecule has 0 heterocycles. The zero-order valence-electron chi connectivity index (χ0n) is 12.0. The van der Waals surface area contributed by atoms with E-state index in [-0.39, 0.29) is 12.1 Å². The Balaban J connectivity index is 1.98. The van der Waals surface area contributed by atoms with Crippen LogP contribution in [-0.2, 0) is 6.42 Å². The number of nitrogens with one attached hydrogen (secondary N) is 1. The van der Waals surface area contributed by atoms with Gasteiger partial charge in [-0.15, -0.1) is 0 Å². The molecule has 21 heavy (non-hydrogen) atoms. The first-order valence-electron chi connectivity index (χ1n) is 6.90. The topological polar surface area (TPSA) is 12.0 Å². The van der Waals surface area contributed by atoms with Crippen molar-refractivity contribution < 1.29 is 8.78 Å². The van der Waals surface area contributed by atoms with Gasteiger partial charge in [0.2, 0.25) is 0 Å². The van der Waals surface area contributed by atoms with Gasteiger partial charge in [0.05, 0.1) is 0 Å². The number of hydrogen-bond acceptors (Lipinski definition) is 1. The van der Waals surface area contributed by atoms with Crippen LogP contribution in [-0.4, -0.2) is 6.04 Å². The van der Waals surface area contributed by atoms with Gasteiger partial charge in [-0.1, -0.05) is 23.7 Å². The summed E-state index contributed by atoms with van der Waals surface area (Å²) in [5.74, 6) is -1.10. The molecule has 0 spiro atoms. The minimum Gasteiger partial charge on any atom is -0.307 e. The van der Waals surface area contributed by atoms with Gasteiger partial charge in [-0.2, -0.15) is 0 Å². The first-order valence-corrected chi connectivity index (χ1v) is 7.28. The molecule has 1 N–H and O–H groups in total. The third kappa shape index (κ3) is 4.80. The summed E-state index contributed by atoms with van der Waals surface area (Å²) in [7, 11) is 0. The number of hydrogen-bond donors (Lipinski definition) is 1. The lowest BCUT2D eigenvalue weighted by Crippen LogP contribution is -2.30. The Bertz CT molecular complexity index is 578. The largest absolute Gasteiger partial charge is 0.307 e. The zero-order valence-corrected chi connectivity index (χ0v) is 12.8. The molecular weight excluding hydrogens is 292 g/mol. The second-order valence-corrected chi connectivity index (χ2v) is 5.76. The highest BCUT2D eigenvalue weighted by Gasteiger charge is 2.12. The predicted molar refractivity (Wildman–Crippen MR) is 82.5 cm³/mol. The molecule has 0 radical (unpaired) electrons. The summed E-state index contributed by atoms with van der Waals surface area (Å²) >= 11 is 5.86. The van der Waals surface area contributed by atoms with Crippen LogP contribution < -0.4 is 5.32 Å². The van der Waals surface area contributed by atoms with Crippen LogP contribution in [0.15, 0.2) is 42.5 Å². The molecule has 112 valence electrons. The highest BCUT2D eigenvalue weighted by molar-refractivity contribution is 6.30. The second kappa shape index (κ2) is 7.01. The standard InChI is InChI=1S/C17H18ClF2N/c1-11(7-13-3-5-15(18)6-4-13)21-12(2)14-8-16(19)10-17(20)9-14/h3-6,8-12,21H,7H2,1-2H3. The van der Waals surface area contributed by atoms with Crippen molar-refractivity contribution in [1.82, 2.24) is 5.32 Å². The number of benzene rings is 2. The smallest absolute Gasteiger partial charge is 0.126 e. The molecule has 0 fully saturated rings. The lowest BCUT2D eigenvalue weighted by Gasteiger charge is -2.20. The molecule has 0 saturated carbocycles. The van der Waals surface area contributed by atoms with Crippen LogP contribution in [0.5, 0.6) is 0 Å². The van der Waals surface area contributed by atoms with Crippen molar-refractivity contribution in [1.29, 1.82) is 0 Å². The summed E-state index contributed by atoms with van der Waals surface area (Å²) in [5.41, 5.74) is 1.77. The molecule has 0 amide bonds. The molecule has 2 rings (SSSR count). The molecule has 0 saturated heterocycles. The van der Waals surface area contributed by atoms with Gasteiger partial charge in [0.1, 0.15) is 11.6 Å². The average molecular weight is 310 g/mol. The van der Waals surface area contributed by atoms with E-state index in [4.69, 9.17) is 11.6 Å². The Morgan fingerprint density at radius 3 is 2.14 bits per heavy atom. The molecule has 2 aromatic rings. The molecule has 0 bridgehead atoms. The highest BCUT2D eigenvalue weighted by atomic mass is 35.5. The van der Waals surface area contributed by atoms with Gasteiger partial charge in [-0.3, -0.25) is 0 Å². The van der Waals surface area contributed by atoms with Crippen LogP contribution >= 0.6 is 11.6 Å². The Morgan fingerprint density at radius 1 is 1.00 bits per heavy atom.